The molecule has 0 amide bonds. The van der Waals surface area contributed by atoms with Crippen LogP contribution < -0.4 is 0 Å². The van der Waals surface area contributed by atoms with Gasteiger partial charge in [-0.1, -0.05) is 13.8 Å². The molecule has 0 radical (unpaired) electrons. The summed E-state index contributed by atoms with van der Waals surface area (Å²) < 4.78 is 5.00. The zero-order valence-electron chi connectivity index (χ0n) is 8.56. The summed E-state index contributed by atoms with van der Waals surface area (Å²) in [4.78, 5) is 11.4. The van der Waals surface area contributed by atoms with Crippen LogP contribution in [0.5, 0.6) is 0 Å². The molecule has 1 atom stereocenters. The lowest BCUT2D eigenvalue weighted by Crippen LogP contribution is -2.08. The van der Waals surface area contributed by atoms with Crippen molar-refractivity contribution in [2.24, 2.45) is 5.92 Å². The molecule has 0 aliphatic rings. The highest BCUT2D eigenvalue weighted by Gasteiger charge is 2.15. The van der Waals surface area contributed by atoms with Crippen molar-refractivity contribution < 1.29 is 14.3 Å². The monoisotopic (exact) mass is 196 g/mol. The molecule has 3 heteroatoms. The molecule has 3 nitrogen and oxygen atoms in total. The van der Waals surface area contributed by atoms with E-state index in [9.17, 15) is 9.90 Å². The summed E-state index contributed by atoms with van der Waals surface area (Å²) >= 11 is 0. The summed E-state index contributed by atoms with van der Waals surface area (Å²) in [6.07, 6.45) is 1.35. The van der Waals surface area contributed by atoms with Crippen molar-refractivity contribution in [3.63, 3.8) is 0 Å². The first kappa shape index (κ1) is 11.0. The van der Waals surface area contributed by atoms with Crippen molar-refractivity contribution in [3.8, 4) is 0 Å². The van der Waals surface area contributed by atoms with Gasteiger partial charge in [-0.3, -0.25) is 4.79 Å². The van der Waals surface area contributed by atoms with Gasteiger partial charge in [0.1, 0.15) is 17.6 Å². The molecular weight excluding hydrogens is 180 g/mol. The van der Waals surface area contributed by atoms with E-state index in [2.05, 4.69) is 0 Å². The highest BCUT2D eigenvalue weighted by atomic mass is 16.4. The first-order valence-electron chi connectivity index (χ1n) is 4.82. The highest BCUT2D eigenvalue weighted by molar-refractivity contribution is 5.79. The first-order valence-corrected chi connectivity index (χ1v) is 4.82. The van der Waals surface area contributed by atoms with E-state index in [1.165, 1.54) is 6.26 Å². The Morgan fingerprint density at radius 1 is 1.50 bits per heavy atom. The number of ketones is 1. The summed E-state index contributed by atoms with van der Waals surface area (Å²) in [5.74, 6) is 0.873. The van der Waals surface area contributed by atoms with Crippen LogP contribution in [0.4, 0.5) is 0 Å². The number of rotatable bonds is 5. The number of carbonyl (C=O) groups is 1. The summed E-state index contributed by atoms with van der Waals surface area (Å²) in [7, 11) is 0. The van der Waals surface area contributed by atoms with E-state index in [1.807, 2.05) is 13.8 Å². The van der Waals surface area contributed by atoms with Crippen molar-refractivity contribution >= 4 is 5.78 Å². The molecule has 0 aromatic carbocycles. The normalized spacial score (nSPS) is 13.1. The van der Waals surface area contributed by atoms with E-state index in [0.29, 0.717) is 18.1 Å². The maximum Gasteiger partial charge on any atom is 0.136 e. The Bertz CT molecular complexity index is 275. The lowest BCUT2D eigenvalue weighted by molar-refractivity contribution is -0.121. The molecule has 0 spiro atoms. The van der Waals surface area contributed by atoms with E-state index >= 15 is 0 Å². The van der Waals surface area contributed by atoms with Crippen LogP contribution >= 0.6 is 0 Å². The summed E-state index contributed by atoms with van der Waals surface area (Å²) in [6.45, 7) is 3.97. The van der Waals surface area contributed by atoms with Crippen molar-refractivity contribution in [3.05, 3.63) is 24.2 Å². The average molecular weight is 196 g/mol. The number of aliphatic hydroxyl groups is 1. The Kier molecular flexibility index (Phi) is 3.89. The molecule has 0 fully saturated rings. The first-order chi connectivity index (χ1) is 6.59. The minimum Gasteiger partial charge on any atom is -0.467 e. The fraction of sp³-hybridized carbons (Fsp3) is 0.545. The molecule has 1 rings (SSSR count). The Hall–Kier alpha value is -1.09. The van der Waals surface area contributed by atoms with Crippen molar-refractivity contribution in [1.29, 1.82) is 0 Å². The maximum atomic E-state index is 11.4. The maximum absolute atomic E-state index is 11.4. The predicted octanol–water partition coefficient (Wildman–Crippen LogP) is 2.32. The SMILES string of the molecule is CC(C)CC(=O)CC(O)c1ccco1. The lowest BCUT2D eigenvalue weighted by Gasteiger charge is -2.07. The zero-order chi connectivity index (χ0) is 10.6. The summed E-state index contributed by atoms with van der Waals surface area (Å²) in [6, 6.07) is 3.37. The Morgan fingerprint density at radius 3 is 2.71 bits per heavy atom. The van der Waals surface area contributed by atoms with Crippen LogP contribution in [0.15, 0.2) is 22.8 Å². The number of carbonyl (C=O) groups excluding carboxylic acids is 1. The minimum atomic E-state index is -0.795. The van der Waals surface area contributed by atoms with Gasteiger partial charge in [-0.15, -0.1) is 0 Å². The number of furan rings is 1. The van der Waals surface area contributed by atoms with Crippen LogP contribution in [0.2, 0.25) is 0 Å². The smallest absolute Gasteiger partial charge is 0.136 e. The van der Waals surface area contributed by atoms with Crippen LogP contribution in [-0.2, 0) is 4.79 Å². The number of aliphatic hydroxyl groups excluding tert-OH is 1. The molecule has 1 aromatic heterocycles. The Labute approximate surface area is 83.7 Å². The van der Waals surface area contributed by atoms with E-state index in [0.717, 1.165) is 0 Å². The van der Waals surface area contributed by atoms with Crippen LogP contribution in [0.25, 0.3) is 0 Å². The second-order valence-corrected chi connectivity index (χ2v) is 3.87. The molecule has 1 aromatic rings. The van der Waals surface area contributed by atoms with Gasteiger partial charge in [-0.2, -0.15) is 0 Å². The average Bonchev–Trinajstić information content (AvgIpc) is 2.53. The van der Waals surface area contributed by atoms with Gasteiger partial charge in [0, 0.05) is 12.8 Å². The third-order valence-corrected chi connectivity index (χ3v) is 1.93. The number of hydrogen-bond acceptors (Lipinski definition) is 3. The molecule has 1 N–H and O–H groups in total. The summed E-state index contributed by atoms with van der Waals surface area (Å²) in [5.41, 5.74) is 0. The molecule has 1 heterocycles. The minimum absolute atomic E-state index is 0.0731. The van der Waals surface area contributed by atoms with Crippen LogP contribution in [0.1, 0.15) is 38.6 Å². The van der Waals surface area contributed by atoms with E-state index in [4.69, 9.17) is 4.42 Å². The topological polar surface area (TPSA) is 50.4 Å². The molecule has 78 valence electrons. The largest absolute Gasteiger partial charge is 0.467 e. The summed E-state index contributed by atoms with van der Waals surface area (Å²) in [5, 5.41) is 9.58. The molecule has 14 heavy (non-hydrogen) atoms. The van der Waals surface area contributed by atoms with E-state index in [1.54, 1.807) is 12.1 Å². The fourth-order valence-electron chi connectivity index (χ4n) is 1.34. The molecule has 0 saturated carbocycles. The standard InChI is InChI=1S/C11H16O3/c1-8(2)6-9(12)7-10(13)11-4-3-5-14-11/h3-5,8,10,13H,6-7H2,1-2H3. The molecule has 0 aliphatic heterocycles. The molecular formula is C11H16O3. The quantitative estimate of drug-likeness (QED) is 0.786. The number of hydrogen-bond donors (Lipinski definition) is 1. The molecule has 0 bridgehead atoms. The van der Waals surface area contributed by atoms with E-state index in [-0.39, 0.29) is 12.2 Å². The molecule has 0 aliphatic carbocycles. The van der Waals surface area contributed by atoms with Gasteiger partial charge in [-0.05, 0) is 18.1 Å². The van der Waals surface area contributed by atoms with Crippen molar-refractivity contribution in [2.45, 2.75) is 32.8 Å². The van der Waals surface area contributed by atoms with Gasteiger partial charge in [-0.25, -0.2) is 0 Å². The molecule has 0 saturated heterocycles. The van der Waals surface area contributed by atoms with Gasteiger partial charge >= 0.3 is 0 Å². The molecule has 1 unspecified atom stereocenters. The van der Waals surface area contributed by atoms with Gasteiger partial charge in [0.05, 0.1) is 6.26 Å². The van der Waals surface area contributed by atoms with Gasteiger partial charge < -0.3 is 9.52 Å². The van der Waals surface area contributed by atoms with Crippen LogP contribution in [-0.4, -0.2) is 10.9 Å². The van der Waals surface area contributed by atoms with Gasteiger partial charge in [0.2, 0.25) is 0 Å². The third kappa shape index (κ3) is 3.34. The lowest BCUT2D eigenvalue weighted by atomic mass is 10.0. The third-order valence-electron chi connectivity index (χ3n) is 1.93. The predicted molar refractivity (Wildman–Crippen MR) is 52.7 cm³/mol. The van der Waals surface area contributed by atoms with Crippen LogP contribution in [0.3, 0.4) is 0 Å². The zero-order valence-corrected chi connectivity index (χ0v) is 8.56. The Balaban J connectivity index is 2.41. The van der Waals surface area contributed by atoms with Crippen molar-refractivity contribution in [1.82, 2.24) is 0 Å². The fourth-order valence-corrected chi connectivity index (χ4v) is 1.34. The second kappa shape index (κ2) is 4.96. The highest BCUT2D eigenvalue weighted by Crippen LogP contribution is 2.18. The van der Waals surface area contributed by atoms with Gasteiger partial charge in [0.15, 0.2) is 0 Å². The van der Waals surface area contributed by atoms with Crippen LogP contribution in [0, 0.1) is 5.92 Å². The van der Waals surface area contributed by atoms with Crippen molar-refractivity contribution in [2.75, 3.05) is 0 Å². The van der Waals surface area contributed by atoms with Gasteiger partial charge in [0.25, 0.3) is 0 Å². The number of Topliss-reactive ketones (excluding diaryl/α,β-unsaturated/α-hetero) is 1. The Morgan fingerprint density at radius 2 is 2.21 bits per heavy atom. The van der Waals surface area contributed by atoms with E-state index < -0.39 is 6.10 Å². The second-order valence-electron chi connectivity index (χ2n) is 3.87.